The van der Waals surface area contributed by atoms with Gasteiger partial charge < -0.3 is 28.8 Å². The number of amides is 1. The summed E-state index contributed by atoms with van der Waals surface area (Å²) in [6, 6.07) is 13.3. The van der Waals surface area contributed by atoms with Gasteiger partial charge in [0.1, 0.15) is 5.75 Å². The predicted octanol–water partition coefficient (Wildman–Crippen LogP) is 3.59. The molecule has 1 aromatic heterocycles. The molecule has 0 fully saturated rings. The minimum atomic E-state index is -0.758. The molecule has 1 amide bonds. The molecule has 2 heterocycles. The number of likely N-dealkylation sites (N-methyl/N-ethyl adjacent to an activating group) is 1. The van der Waals surface area contributed by atoms with Crippen LogP contribution in [-0.4, -0.2) is 68.0 Å². The molecule has 0 spiro atoms. The summed E-state index contributed by atoms with van der Waals surface area (Å²) in [5.74, 6) is -0.536. The standard InChI is InChI=1S/C25H26N2O6/c1-26(2)12-13-27-21(15-8-10-17(31-3)11-9-15)20(23(29)25(27)30)22(28)19-14-16-6-5-7-18(32-4)24(16)33-19/h5-11,14,21,29H,12-13H2,1-4H3. The van der Waals surface area contributed by atoms with E-state index in [0.29, 0.717) is 41.1 Å². The van der Waals surface area contributed by atoms with Crippen LogP contribution in [-0.2, 0) is 4.79 Å². The number of hydrogen-bond donors (Lipinski definition) is 1. The van der Waals surface area contributed by atoms with Crippen molar-refractivity contribution in [1.29, 1.82) is 0 Å². The molecule has 0 saturated heterocycles. The van der Waals surface area contributed by atoms with Crippen LogP contribution >= 0.6 is 0 Å². The summed E-state index contributed by atoms with van der Waals surface area (Å²) in [7, 11) is 6.87. The first-order valence-corrected chi connectivity index (χ1v) is 10.5. The molecule has 8 heteroatoms. The largest absolute Gasteiger partial charge is 0.503 e. The van der Waals surface area contributed by atoms with Gasteiger partial charge in [0.25, 0.3) is 5.91 Å². The summed E-state index contributed by atoms with van der Waals surface area (Å²) >= 11 is 0. The second-order valence-electron chi connectivity index (χ2n) is 8.06. The molecule has 0 aliphatic carbocycles. The quantitative estimate of drug-likeness (QED) is 0.524. The molecule has 8 nitrogen and oxygen atoms in total. The second-order valence-corrected chi connectivity index (χ2v) is 8.06. The third kappa shape index (κ3) is 4.05. The van der Waals surface area contributed by atoms with Crippen molar-refractivity contribution in [3.63, 3.8) is 0 Å². The lowest BCUT2D eigenvalue weighted by Crippen LogP contribution is -2.36. The number of para-hydroxylation sites is 1. The zero-order chi connectivity index (χ0) is 23.7. The highest BCUT2D eigenvalue weighted by molar-refractivity contribution is 6.16. The van der Waals surface area contributed by atoms with E-state index < -0.39 is 23.5 Å². The number of ether oxygens (including phenoxy) is 2. The Morgan fingerprint density at radius 1 is 1.12 bits per heavy atom. The van der Waals surface area contributed by atoms with Gasteiger partial charge in [-0.2, -0.15) is 0 Å². The highest BCUT2D eigenvalue weighted by atomic mass is 16.5. The van der Waals surface area contributed by atoms with E-state index in [0.717, 1.165) is 0 Å². The van der Waals surface area contributed by atoms with Crippen molar-refractivity contribution in [2.24, 2.45) is 0 Å². The number of fused-ring (bicyclic) bond motifs is 1. The highest BCUT2D eigenvalue weighted by Gasteiger charge is 2.44. The van der Waals surface area contributed by atoms with Crippen molar-refractivity contribution >= 4 is 22.7 Å². The molecule has 1 atom stereocenters. The van der Waals surface area contributed by atoms with Crippen LogP contribution < -0.4 is 9.47 Å². The van der Waals surface area contributed by atoms with E-state index in [-0.39, 0.29) is 11.3 Å². The smallest absolute Gasteiger partial charge is 0.290 e. The lowest BCUT2D eigenvalue weighted by molar-refractivity contribution is -0.129. The number of furan rings is 1. The number of aliphatic hydroxyl groups excluding tert-OH is 1. The van der Waals surface area contributed by atoms with Gasteiger partial charge in [0.15, 0.2) is 22.9 Å². The number of carbonyl (C=O) groups is 2. The monoisotopic (exact) mass is 450 g/mol. The first kappa shape index (κ1) is 22.4. The maximum absolute atomic E-state index is 13.6. The van der Waals surface area contributed by atoms with Crippen molar-refractivity contribution < 1.29 is 28.6 Å². The lowest BCUT2D eigenvalue weighted by atomic mass is 9.95. The van der Waals surface area contributed by atoms with Crippen molar-refractivity contribution in [2.75, 3.05) is 41.4 Å². The van der Waals surface area contributed by atoms with Gasteiger partial charge in [0.05, 0.1) is 25.8 Å². The van der Waals surface area contributed by atoms with Gasteiger partial charge in [-0.3, -0.25) is 9.59 Å². The van der Waals surface area contributed by atoms with Crippen molar-refractivity contribution in [1.82, 2.24) is 9.80 Å². The summed E-state index contributed by atoms with van der Waals surface area (Å²) in [5.41, 5.74) is 1.10. The molecule has 1 aliphatic heterocycles. The van der Waals surface area contributed by atoms with Crippen LogP contribution in [0.3, 0.4) is 0 Å². The Morgan fingerprint density at radius 2 is 1.85 bits per heavy atom. The van der Waals surface area contributed by atoms with Crippen LogP contribution in [0.4, 0.5) is 0 Å². The molecule has 0 bridgehead atoms. The number of rotatable bonds is 8. The number of Topliss-reactive ketones (excluding diaryl/α,β-unsaturated/α-hetero) is 1. The Bertz CT molecular complexity index is 1230. The fraction of sp³-hybridized carbons (Fsp3) is 0.280. The molecule has 1 N–H and O–H groups in total. The second kappa shape index (κ2) is 8.99. The molecule has 1 unspecified atom stereocenters. The Morgan fingerprint density at radius 3 is 2.48 bits per heavy atom. The van der Waals surface area contributed by atoms with E-state index in [4.69, 9.17) is 13.9 Å². The highest BCUT2D eigenvalue weighted by Crippen LogP contribution is 2.40. The van der Waals surface area contributed by atoms with E-state index in [1.54, 1.807) is 55.6 Å². The van der Waals surface area contributed by atoms with Gasteiger partial charge in [-0.05, 0) is 43.9 Å². The van der Waals surface area contributed by atoms with Gasteiger partial charge in [-0.1, -0.05) is 24.3 Å². The molecule has 2 aromatic carbocycles. The first-order chi connectivity index (χ1) is 15.8. The first-order valence-electron chi connectivity index (χ1n) is 10.5. The zero-order valence-electron chi connectivity index (χ0n) is 19.0. The number of benzene rings is 2. The molecule has 3 aromatic rings. The van der Waals surface area contributed by atoms with Crippen molar-refractivity contribution in [2.45, 2.75) is 6.04 Å². The van der Waals surface area contributed by atoms with Crippen LogP contribution in [0, 0.1) is 0 Å². The Balaban J connectivity index is 1.79. The maximum atomic E-state index is 13.6. The molecule has 172 valence electrons. The number of methoxy groups -OCH3 is 2. The van der Waals surface area contributed by atoms with Crippen molar-refractivity contribution in [3.8, 4) is 11.5 Å². The van der Waals surface area contributed by atoms with E-state index >= 15 is 0 Å². The third-order valence-corrected chi connectivity index (χ3v) is 5.72. The summed E-state index contributed by atoms with van der Waals surface area (Å²) in [6.07, 6.45) is 0. The summed E-state index contributed by atoms with van der Waals surface area (Å²) < 4.78 is 16.4. The molecular weight excluding hydrogens is 424 g/mol. The number of carbonyl (C=O) groups excluding carboxylic acids is 2. The van der Waals surface area contributed by atoms with E-state index in [9.17, 15) is 14.7 Å². The topological polar surface area (TPSA) is 92.4 Å². The molecule has 4 rings (SSSR count). The van der Waals surface area contributed by atoms with Gasteiger partial charge in [-0.25, -0.2) is 0 Å². The lowest BCUT2D eigenvalue weighted by Gasteiger charge is -2.28. The van der Waals surface area contributed by atoms with Crippen LogP contribution in [0.1, 0.15) is 22.2 Å². The minimum Gasteiger partial charge on any atom is -0.503 e. The van der Waals surface area contributed by atoms with E-state index in [1.165, 1.54) is 12.0 Å². The summed E-state index contributed by atoms with van der Waals surface area (Å²) in [4.78, 5) is 30.1. The van der Waals surface area contributed by atoms with Crippen LogP contribution in [0.5, 0.6) is 11.5 Å². The molecule has 1 aliphatic rings. The van der Waals surface area contributed by atoms with Gasteiger partial charge in [0, 0.05) is 18.5 Å². The molecule has 0 saturated carbocycles. The molecule has 0 radical (unpaired) electrons. The maximum Gasteiger partial charge on any atom is 0.290 e. The fourth-order valence-corrected chi connectivity index (χ4v) is 4.00. The van der Waals surface area contributed by atoms with Gasteiger partial charge >= 0.3 is 0 Å². The third-order valence-electron chi connectivity index (χ3n) is 5.72. The van der Waals surface area contributed by atoms with Gasteiger partial charge in [-0.15, -0.1) is 0 Å². The Kier molecular flexibility index (Phi) is 6.11. The summed E-state index contributed by atoms with van der Waals surface area (Å²) in [6.45, 7) is 0.895. The molecular formula is C25H26N2O6. The number of hydrogen-bond acceptors (Lipinski definition) is 7. The van der Waals surface area contributed by atoms with Crippen LogP contribution in [0.2, 0.25) is 0 Å². The Hall–Kier alpha value is -3.78. The normalized spacial score (nSPS) is 16.2. The fourth-order valence-electron chi connectivity index (χ4n) is 4.00. The summed E-state index contributed by atoms with van der Waals surface area (Å²) in [5, 5.41) is 11.5. The van der Waals surface area contributed by atoms with E-state index in [2.05, 4.69) is 0 Å². The number of aliphatic hydroxyl groups is 1. The number of nitrogens with zero attached hydrogens (tertiary/aromatic N) is 2. The zero-order valence-corrected chi connectivity index (χ0v) is 19.0. The average Bonchev–Trinajstić information content (AvgIpc) is 3.36. The average molecular weight is 450 g/mol. The van der Waals surface area contributed by atoms with Crippen molar-refractivity contribution in [3.05, 3.63) is 71.2 Å². The minimum absolute atomic E-state index is 0.0121. The van der Waals surface area contributed by atoms with Crippen LogP contribution in [0.25, 0.3) is 11.0 Å². The van der Waals surface area contributed by atoms with Crippen LogP contribution in [0.15, 0.2) is 64.3 Å². The molecule has 33 heavy (non-hydrogen) atoms. The SMILES string of the molecule is COc1ccc(C2C(C(=O)c3cc4cccc(OC)c4o3)=C(O)C(=O)N2CCN(C)C)cc1. The van der Waals surface area contributed by atoms with Gasteiger partial charge in [0.2, 0.25) is 5.78 Å². The predicted molar refractivity (Wildman–Crippen MR) is 123 cm³/mol. The Labute approximate surface area is 191 Å². The number of ketones is 1. The van der Waals surface area contributed by atoms with E-state index in [1.807, 2.05) is 19.0 Å².